The van der Waals surface area contributed by atoms with Gasteiger partial charge in [0.05, 0.1) is 19.9 Å². The van der Waals surface area contributed by atoms with Crippen LogP contribution in [0.4, 0.5) is 0 Å². The molecule has 1 aromatic heterocycles. The smallest absolute Gasteiger partial charge is 0.278 e. The Hall–Kier alpha value is -1.41. The quantitative estimate of drug-likeness (QED) is 0.762. The number of aromatic nitrogens is 2. The van der Waals surface area contributed by atoms with Gasteiger partial charge in [0.25, 0.3) is 11.8 Å². The predicted octanol–water partition coefficient (Wildman–Crippen LogP) is -0.102. The maximum Gasteiger partial charge on any atom is 0.278 e. The molecule has 1 saturated heterocycles. The zero-order valence-electron chi connectivity index (χ0n) is 10.2. The number of ether oxygens (including phenoxy) is 2. The average molecular weight is 273 g/mol. The summed E-state index contributed by atoms with van der Waals surface area (Å²) in [6.07, 6.45) is 4.61. The fourth-order valence-corrected chi connectivity index (χ4v) is 2.66. The molecule has 2 heterocycles. The van der Waals surface area contributed by atoms with Crippen LogP contribution >= 0.6 is 0 Å². The van der Waals surface area contributed by atoms with Crippen LogP contribution in [0, 0.1) is 0 Å². The van der Waals surface area contributed by atoms with Gasteiger partial charge in [0.15, 0.2) is 0 Å². The summed E-state index contributed by atoms with van der Waals surface area (Å²) < 4.78 is 34.8. The lowest BCUT2D eigenvalue weighted by atomic mass is 10.3. The molecule has 0 aromatic carbocycles. The molecule has 100 valence electrons. The van der Waals surface area contributed by atoms with Crippen LogP contribution in [-0.4, -0.2) is 55.3 Å². The summed E-state index contributed by atoms with van der Waals surface area (Å²) in [7, 11) is -1.68. The highest BCUT2D eigenvalue weighted by Crippen LogP contribution is 2.24. The summed E-state index contributed by atoms with van der Waals surface area (Å²) in [5.74, 6) is 0.593. The van der Waals surface area contributed by atoms with Crippen LogP contribution in [0.25, 0.3) is 0 Å². The van der Waals surface area contributed by atoms with Crippen molar-refractivity contribution in [3.63, 3.8) is 0 Å². The largest absolute Gasteiger partial charge is 0.477 e. The summed E-state index contributed by atoms with van der Waals surface area (Å²) in [6.45, 7) is 0.796. The first-order valence-corrected chi connectivity index (χ1v) is 7.32. The van der Waals surface area contributed by atoms with Gasteiger partial charge >= 0.3 is 0 Å². The molecule has 8 heteroatoms. The second kappa shape index (κ2) is 5.07. The van der Waals surface area contributed by atoms with Crippen molar-refractivity contribution in [2.45, 2.75) is 12.5 Å². The average Bonchev–Trinajstić information content (AvgIpc) is 2.78. The highest BCUT2D eigenvalue weighted by Gasteiger charge is 2.30. The van der Waals surface area contributed by atoms with Crippen molar-refractivity contribution in [2.75, 3.05) is 26.5 Å². The highest BCUT2D eigenvalue weighted by atomic mass is 32.2. The number of methoxy groups -OCH3 is 1. The first-order chi connectivity index (χ1) is 8.50. The van der Waals surface area contributed by atoms with E-state index in [1.54, 1.807) is 0 Å². The fourth-order valence-electron chi connectivity index (χ4n) is 1.79. The lowest BCUT2D eigenvalue weighted by molar-refractivity contribution is 0.194. The molecular weight excluding hydrogens is 258 g/mol. The lowest BCUT2D eigenvalue weighted by Gasteiger charge is -2.15. The van der Waals surface area contributed by atoms with Crippen LogP contribution in [0.2, 0.25) is 0 Å². The van der Waals surface area contributed by atoms with Gasteiger partial charge in [-0.15, -0.1) is 0 Å². The van der Waals surface area contributed by atoms with Gasteiger partial charge in [0, 0.05) is 18.9 Å². The number of hydrogen-bond acceptors (Lipinski definition) is 6. The van der Waals surface area contributed by atoms with Crippen molar-refractivity contribution >= 4 is 10.0 Å². The third-order valence-electron chi connectivity index (χ3n) is 2.68. The van der Waals surface area contributed by atoms with E-state index >= 15 is 0 Å². The first-order valence-electron chi connectivity index (χ1n) is 5.47. The lowest BCUT2D eigenvalue weighted by Crippen LogP contribution is -2.30. The van der Waals surface area contributed by atoms with E-state index in [0.29, 0.717) is 31.3 Å². The van der Waals surface area contributed by atoms with Gasteiger partial charge in [-0.25, -0.2) is 18.4 Å². The molecule has 1 aliphatic heterocycles. The minimum absolute atomic E-state index is 0.217. The minimum atomic E-state index is -3.16. The van der Waals surface area contributed by atoms with E-state index in [1.807, 2.05) is 0 Å². The zero-order chi connectivity index (χ0) is 13.2. The van der Waals surface area contributed by atoms with Crippen molar-refractivity contribution in [3.8, 4) is 11.8 Å². The second-order valence-corrected chi connectivity index (χ2v) is 6.00. The molecule has 0 spiro atoms. The Balaban J connectivity index is 2.04. The highest BCUT2D eigenvalue weighted by molar-refractivity contribution is 7.88. The molecule has 1 fully saturated rings. The number of nitrogens with zero attached hydrogens (tertiary/aromatic N) is 3. The Bertz CT molecular complexity index is 520. The molecule has 0 amide bonds. The van der Waals surface area contributed by atoms with Crippen molar-refractivity contribution in [3.05, 3.63) is 12.4 Å². The molecular formula is C10H15N3O4S. The summed E-state index contributed by atoms with van der Waals surface area (Å²) in [5, 5.41) is 0. The zero-order valence-corrected chi connectivity index (χ0v) is 11.1. The van der Waals surface area contributed by atoms with Crippen LogP contribution in [0.3, 0.4) is 0 Å². The monoisotopic (exact) mass is 273 g/mol. The maximum atomic E-state index is 11.4. The second-order valence-electron chi connectivity index (χ2n) is 4.02. The van der Waals surface area contributed by atoms with Gasteiger partial charge in [-0.05, 0) is 6.42 Å². The first kappa shape index (κ1) is 13.0. The standard InChI is InChI=1S/C10H15N3O4S/c1-16-9-10(12-5-4-11-9)17-8-3-6-13(7-8)18(2,14)15/h4-5,8H,3,6-7H2,1-2H3/t8-/m1/s1. The molecule has 1 aromatic rings. The normalized spacial score (nSPS) is 20.9. The molecule has 2 rings (SSSR count). The molecule has 0 aliphatic carbocycles. The summed E-state index contributed by atoms with van der Waals surface area (Å²) in [5.41, 5.74) is 0. The van der Waals surface area contributed by atoms with Gasteiger partial charge in [-0.1, -0.05) is 0 Å². The van der Waals surface area contributed by atoms with E-state index in [4.69, 9.17) is 9.47 Å². The molecule has 0 saturated carbocycles. The third kappa shape index (κ3) is 2.88. The van der Waals surface area contributed by atoms with E-state index in [9.17, 15) is 8.42 Å². The minimum Gasteiger partial charge on any atom is -0.477 e. The molecule has 1 atom stereocenters. The van der Waals surface area contributed by atoms with E-state index in [2.05, 4.69) is 9.97 Å². The van der Waals surface area contributed by atoms with E-state index in [-0.39, 0.29) is 6.10 Å². The van der Waals surface area contributed by atoms with Crippen molar-refractivity contribution in [2.24, 2.45) is 0 Å². The van der Waals surface area contributed by atoms with Crippen LogP contribution in [0.15, 0.2) is 12.4 Å². The molecule has 0 bridgehead atoms. The molecule has 0 unspecified atom stereocenters. The van der Waals surface area contributed by atoms with Crippen LogP contribution in [0.5, 0.6) is 11.8 Å². The van der Waals surface area contributed by atoms with Gasteiger partial charge < -0.3 is 9.47 Å². The van der Waals surface area contributed by atoms with Gasteiger partial charge in [0.1, 0.15) is 6.10 Å². The van der Waals surface area contributed by atoms with E-state index in [0.717, 1.165) is 0 Å². The SMILES string of the molecule is COc1nccnc1O[C@@H]1CCN(S(C)(=O)=O)C1. The van der Waals surface area contributed by atoms with Crippen LogP contribution in [-0.2, 0) is 10.0 Å². The Kier molecular flexibility index (Phi) is 3.67. The Labute approximate surface area is 106 Å². The van der Waals surface area contributed by atoms with Crippen LogP contribution in [0.1, 0.15) is 6.42 Å². The van der Waals surface area contributed by atoms with Gasteiger partial charge in [-0.2, -0.15) is 4.31 Å². The van der Waals surface area contributed by atoms with Crippen molar-refractivity contribution < 1.29 is 17.9 Å². The van der Waals surface area contributed by atoms with Gasteiger partial charge in [-0.3, -0.25) is 0 Å². The van der Waals surface area contributed by atoms with Gasteiger partial charge in [0.2, 0.25) is 10.0 Å². The molecule has 0 N–H and O–H groups in total. The van der Waals surface area contributed by atoms with Crippen molar-refractivity contribution in [1.29, 1.82) is 0 Å². The van der Waals surface area contributed by atoms with Crippen molar-refractivity contribution in [1.82, 2.24) is 14.3 Å². The Morgan fingerprint density at radius 3 is 2.56 bits per heavy atom. The Morgan fingerprint density at radius 1 is 1.33 bits per heavy atom. The fraction of sp³-hybridized carbons (Fsp3) is 0.600. The summed E-state index contributed by atoms with van der Waals surface area (Å²) >= 11 is 0. The third-order valence-corrected chi connectivity index (χ3v) is 3.95. The number of sulfonamides is 1. The van der Waals surface area contributed by atoms with E-state index < -0.39 is 10.0 Å². The molecule has 1 aliphatic rings. The molecule has 0 radical (unpaired) electrons. The molecule has 18 heavy (non-hydrogen) atoms. The van der Waals surface area contributed by atoms with Crippen LogP contribution < -0.4 is 9.47 Å². The van der Waals surface area contributed by atoms with E-state index in [1.165, 1.54) is 30.1 Å². The summed E-state index contributed by atoms with van der Waals surface area (Å²) in [6, 6.07) is 0. The number of hydrogen-bond donors (Lipinski definition) is 0. The Morgan fingerprint density at radius 2 is 2.00 bits per heavy atom. The number of rotatable bonds is 4. The summed E-state index contributed by atoms with van der Waals surface area (Å²) in [4.78, 5) is 7.99. The maximum absolute atomic E-state index is 11.4. The topological polar surface area (TPSA) is 81.6 Å². The predicted molar refractivity (Wildman–Crippen MR) is 64.0 cm³/mol. The molecule has 7 nitrogen and oxygen atoms in total.